The van der Waals surface area contributed by atoms with E-state index in [1.54, 1.807) is 6.92 Å². The molecule has 1 aromatic carbocycles. The first-order valence-electron chi connectivity index (χ1n) is 5.89. The molecule has 0 fully saturated rings. The Morgan fingerprint density at radius 3 is 2.63 bits per heavy atom. The van der Waals surface area contributed by atoms with Crippen LogP contribution < -0.4 is 10.5 Å². The molecule has 0 aliphatic heterocycles. The number of nitrogens with one attached hydrogen (secondary N) is 1. The normalized spacial score (nSPS) is 13.1. The summed E-state index contributed by atoms with van der Waals surface area (Å²) in [5, 5.41) is 7.32. The highest BCUT2D eigenvalue weighted by Crippen LogP contribution is 2.20. The molecule has 0 spiro atoms. The van der Waals surface area contributed by atoms with Gasteiger partial charge in [-0.05, 0) is 24.6 Å². The fraction of sp³-hybridized carbons (Fsp3) is 0.417. The van der Waals surface area contributed by atoms with Gasteiger partial charge < -0.3 is 5.32 Å². The number of sulfonamides is 1. The molecule has 1 amide bonds. The second kappa shape index (κ2) is 6.12. The van der Waals surface area contributed by atoms with E-state index in [0.717, 1.165) is 24.6 Å². The van der Waals surface area contributed by atoms with Crippen molar-refractivity contribution in [3.8, 4) is 0 Å². The van der Waals surface area contributed by atoms with Crippen LogP contribution in [0.5, 0.6) is 0 Å². The van der Waals surface area contributed by atoms with Gasteiger partial charge in [-0.1, -0.05) is 20.3 Å². The molecular weight excluding hydrogens is 271 g/mol. The minimum atomic E-state index is -3.93. The molecule has 5 nitrogen and oxygen atoms in total. The lowest BCUT2D eigenvalue weighted by molar-refractivity contribution is -0.119. The lowest BCUT2D eigenvalue weighted by Gasteiger charge is -2.12. The van der Waals surface area contributed by atoms with Gasteiger partial charge in [-0.3, -0.25) is 4.79 Å². The number of carbonyl (C=O) groups is 1. The van der Waals surface area contributed by atoms with Gasteiger partial charge in [0.2, 0.25) is 15.9 Å². The highest BCUT2D eigenvalue weighted by Gasteiger charge is 2.16. The van der Waals surface area contributed by atoms with Gasteiger partial charge in [0.05, 0.1) is 10.6 Å². The van der Waals surface area contributed by atoms with E-state index in [9.17, 15) is 17.6 Å². The molecule has 0 heterocycles. The summed E-state index contributed by atoms with van der Waals surface area (Å²) >= 11 is 0. The van der Waals surface area contributed by atoms with E-state index in [0.29, 0.717) is 6.42 Å². The van der Waals surface area contributed by atoms with E-state index in [-0.39, 0.29) is 22.4 Å². The topological polar surface area (TPSA) is 89.3 Å². The molecule has 7 heteroatoms. The number of nitrogens with two attached hydrogens (primary N) is 1. The molecule has 3 N–H and O–H groups in total. The van der Waals surface area contributed by atoms with Crippen molar-refractivity contribution in [1.29, 1.82) is 0 Å². The molecule has 0 aromatic heterocycles. The molecule has 0 aliphatic carbocycles. The molecule has 0 bridgehead atoms. The predicted molar refractivity (Wildman–Crippen MR) is 70.5 cm³/mol. The van der Waals surface area contributed by atoms with Gasteiger partial charge in [0, 0.05) is 5.92 Å². The van der Waals surface area contributed by atoms with E-state index in [2.05, 4.69) is 5.32 Å². The predicted octanol–water partition coefficient (Wildman–Crippen LogP) is 1.85. The fourth-order valence-electron chi connectivity index (χ4n) is 1.60. The molecule has 0 aliphatic rings. The first-order valence-corrected chi connectivity index (χ1v) is 7.43. The summed E-state index contributed by atoms with van der Waals surface area (Å²) in [6.07, 6.45) is 1.50. The molecule has 0 saturated heterocycles. The highest BCUT2D eigenvalue weighted by atomic mass is 32.2. The van der Waals surface area contributed by atoms with Crippen LogP contribution in [0.1, 0.15) is 26.7 Å². The van der Waals surface area contributed by atoms with E-state index in [1.165, 1.54) is 0 Å². The average molecular weight is 288 g/mol. The van der Waals surface area contributed by atoms with Crippen molar-refractivity contribution in [2.24, 2.45) is 11.1 Å². The summed E-state index contributed by atoms with van der Waals surface area (Å²) < 4.78 is 35.8. The van der Waals surface area contributed by atoms with Gasteiger partial charge in [-0.15, -0.1) is 0 Å². The molecule has 1 aromatic rings. The van der Waals surface area contributed by atoms with E-state index >= 15 is 0 Å². The van der Waals surface area contributed by atoms with Gasteiger partial charge in [-0.25, -0.2) is 17.9 Å². The van der Waals surface area contributed by atoms with Gasteiger partial charge >= 0.3 is 0 Å². The zero-order valence-electron chi connectivity index (χ0n) is 10.8. The number of primary sulfonamides is 1. The lowest BCUT2D eigenvalue weighted by atomic mass is 10.1. The summed E-state index contributed by atoms with van der Waals surface area (Å²) in [6, 6.07) is 3.02. The Labute approximate surface area is 112 Å². The summed E-state index contributed by atoms with van der Waals surface area (Å²) in [4.78, 5) is 11.5. The zero-order chi connectivity index (χ0) is 14.6. The van der Waals surface area contributed by atoms with Crippen molar-refractivity contribution in [3.05, 3.63) is 24.0 Å². The minimum Gasteiger partial charge on any atom is -0.323 e. The zero-order valence-corrected chi connectivity index (χ0v) is 11.6. The average Bonchev–Trinajstić information content (AvgIpc) is 2.30. The summed E-state index contributed by atoms with van der Waals surface area (Å²) in [6.45, 7) is 3.66. The Hall–Kier alpha value is -1.47. The number of carbonyl (C=O) groups excluding carboxylic acids is 1. The quantitative estimate of drug-likeness (QED) is 0.866. The maximum Gasteiger partial charge on any atom is 0.238 e. The summed E-state index contributed by atoms with van der Waals surface area (Å²) in [5.74, 6) is -1.33. The third-order valence-electron chi connectivity index (χ3n) is 2.69. The molecular formula is C12H17FN2O3S. The standard InChI is InChI=1S/C12H17FN2O3S/c1-3-4-8(2)12(16)15-11-7-9(19(14,17)18)5-6-10(11)13/h5-8H,3-4H2,1-2H3,(H,15,16)(H2,14,17,18). The maximum absolute atomic E-state index is 13.5. The number of hydrogen-bond donors (Lipinski definition) is 2. The second-order valence-electron chi connectivity index (χ2n) is 4.37. The lowest BCUT2D eigenvalue weighted by Crippen LogP contribution is -2.21. The number of benzene rings is 1. The van der Waals surface area contributed by atoms with Crippen LogP contribution in [-0.2, 0) is 14.8 Å². The molecule has 1 atom stereocenters. The minimum absolute atomic E-state index is 0.181. The second-order valence-corrected chi connectivity index (χ2v) is 5.93. The van der Waals surface area contributed by atoms with Crippen LogP contribution in [0.4, 0.5) is 10.1 Å². The maximum atomic E-state index is 13.5. The van der Waals surface area contributed by atoms with Gasteiger partial charge in [0.25, 0.3) is 0 Å². The van der Waals surface area contributed by atoms with E-state index in [4.69, 9.17) is 5.14 Å². The van der Waals surface area contributed by atoms with Crippen molar-refractivity contribution in [3.63, 3.8) is 0 Å². The van der Waals surface area contributed by atoms with Crippen LogP contribution in [0, 0.1) is 11.7 Å². The Morgan fingerprint density at radius 1 is 1.47 bits per heavy atom. The number of amides is 1. The van der Waals surface area contributed by atoms with Crippen LogP contribution >= 0.6 is 0 Å². The van der Waals surface area contributed by atoms with Crippen molar-refractivity contribution in [2.45, 2.75) is 31.6 Å². The number of hydrogen-bond acceptors (Lipinski definition) is 3. The first-order chi connectivity index (χ1) is 8.75. The Bertz CT molecular complexity index is 572. The molecule has 19 heavy (non-hydrogen) atoms. The molecule has 0 radical (unpaired) electrons. The number of anilines is 1. The monoisotopic (exact) mass is 288 g/mol. The Morgan fingerprint density at radius 2 is 2.11 bits per heavy atom. The summed E-state index contributed by atoms with van der Waals surface area (Å²) in [5.41, 5.74) is -0.181. The van der Waals surface area contributed by atoms with Gasteiger partial charge in [0.1, 0.15) is 5.82 Å². The van der Waals surface area contributed by atoms with Gasteiger partial charge in [0.15, 0.2) is 0 Å². The Kier molecular flexibility index (Phi) is 5.02. The number of rotatable bonds is 5. The molecule has 0 saturated carbocycles. The Balaban J connectivity index is 2.98. The van der Waals surface area contributed by atoms with E-state index < -0.39 is 15.8 Å². The number of halogens is 1. The first kappa shape index (κ1) is 15.6. The molecule has 1 rings (SSSR count). The van der Waals surface area contributed by atoms with Crippen LogP contribution in [0.25, 0.3) is 0 Å². The summed E-state index contributed by atoms with van der Waals surface area (Å²) in [7, 11) is -3.93. The van der Waals surface area contributed by atoms with E-state index in [1.807, 2.05) is 6.92 Å². The van der Waals surface area contributed by atoms with Crippen LogP contribution in [0.3, 0.4) is 0 Å². The third kappa shape index (κ3) is 4.29. The van der Waals surface area contributed by atoms with Crippen molar-refractivity contribution in [1.82, 2.24) is 0 Å². The van der Waals surface area contributed by atoms with Crippen LogP contribution in [0.2, 0.25) is 0 Å². The molecule has 1 unspecified atom stereocenters. The van der Waals surface area contributed by atoms with Crippen LogP contribution in [0.15, 0.2) is 23.1 Å². The van der Waals surface area contributed by atoms with Gasteiger partial charge in [-0.2, -0.15) is 0 Å². The highest BCUT2D eigenvalue weighted by molar-refractivity contribution is 7.89. The third-order valence-corrected chi connectivity index (χ3v) is 3.60. The van der Waals surface area contributed by atoms with Crippen molar-refractivity contribution in [2.75, 3.05) is 5.32 Å². The fourth-order valence-corrected chi connectivity index (χ4v) is 2.14. The van der Waals surface area contributed by atoms with Crippen LogP contribution in [-0.4, -0.2) is 14.3 Å². The van der Waals surface area contributed by atoms with Crippen molar-refractivity contribution >= 4 is 21.6 Å². The smallest absolute Gasteiger partial charge is 0.238 e. The SMILES string of the molecule is CCCC(C)C(=O)Nc1cc(S(N)(=O)=O)ccc1F. The largest absolute Gasteiger partial charge is 0.323 e. The molecule has 106 valence electrons. The van der Waals surface area contributed by atoms with Crippen molar-refractivity contribution < 1.29 is 17.6 Å².